The summed E-state index contributed by atoms with van der Waals surface area (Å²) >= 11 is 0. The second kappa shape index (κ2) is 5.73. The van der Waals surface area contributed by atoms with Crippen LogP contribution in [0.2, 0.25) is 0 Å². The standard InChI is InChI=1S/C16H25N3O/c1-11-6-5-7-12(2)19(11)16(20)14-10-13(17)8-9-15(14)18(3)4/h8-12H,5-7,17H2,1-4H3/t11-,12-/m1/s1. The lowest BCUT2D eigenvalue weighted by molar-refractivity contribution is 0.0511. The second-order valence-electron chi connectivity index (χ2n) is 6.01. The lowest BCUT2D eigenvalue weighted by Crippen LogP contribution is -2.47. The fraction of sp³-hybridized carbons (Fsp3) is 0.562. The van der Waals surface area contributed by atoms with Crippen molar-refractivity contribution in [2.24, 2.45) is 0 Å². The van der Waals surface area contributed by atoms with Crippen LogP contribution in [-0.4, -0.2) is 37.0 Å². The molecule has 0 aliphatic carbocycles. The van der Waals surface area contributed by atoms with Crippen molar-refractivity contribution in [3.05, 3.63) is 23.8 Å². The van der Waals surface area contributed by atoms with Crippen LogP contribution in [-0.2, 0) is 0 Å². The number of likely N-dealkylation sites (tertiary alicyclic amines) is 1. The Morgan fingerprint density at radius 2 is 1.85 bits per heavy atom. The maximum absolute atomic E-state index is 12.9. The number of nitrogens with zero attached hydrogens (tertiary/aromatic N) is 2. The molecule has 4 nitrogen and oxygen atoms in total. The summed E-state index contributed by atoms with van der Waals surface area (Å²) in [5, 5.41) is 0. The Kier molecular flexibility index (Phi) is 4.21. The Bertz CT molecular complexity index is 488. The van der Waals surface area contributed by atoms with E-state index in [0.717, 1.165) is 18.5 Å². The van der Waals surface area contributed by atoms with Gasteiger partial charge in [-0.15, -0.1) is 0 Å². The monoisotopic (exact) mass is 275 g/mol. The number of amides is 1. The molecule has 1 aromatic carbocycles. The van der Waals surface area contributed by atoms with Gasteiger partial charge in [0.1, 0.15) is 0 Å². The van der Waals surface area contributed by atoms with Crippen molar-refractivity contribution in [3.8, 4) is 0 Å². The summed E-state index contributed by atoms with van der Waals surface area (Å²) in [6, 6.07) is 6.15. The van der Waals surface area contributed by atoms with Crippen molar-refractivity contribution < 1.29 is 4.79 Å². The van der Waals surface area contributed by atoms with Crippen LogP contribution < -0.4 is 10.6 Å². The van der Waals surface area contributed by atoms with E-state index in [1.807, 2.05) is 36.0 Å². The third-order valence-electron chi connectivity index (χ3n) is 4.16. The molecule has 0 aromatic heterocycles. The summed E-state index contributed by atoms with van der Waals surface area (Å²) in [6.45, 7) is 4.27. The van der Waals surface area contributed by atoms with Gasteiger partial charge in [0.25, 0.3) is 5.91 Å². The molecule has 1 aromatic rings. The van der Waals surface area contributed by atoms with Crippen molar-refractivity contribution in [3.63, 3.8) is 0 Å². The van der Waals surface area contributed by atoms with Gasteiger partial charge in [0.15, 0.2) is 0 Å². The fourth-order valence-electron chi connectivity index (χ4n) is 3.08. The number of nitrogen functional groups attached to an aromatic ring is 1. The number of hydrogen-bond acceptors (Lipinski definition) is 3. The first-order chi connectivity index (χ1) is 9.41. The van der Waals surface area contributed by atoms with Gasteiger partial charge < -0.3 is 15.5 Å². The van der Waals surface area contributed by atoms with Gasteiger partial charge in [-0.3, -0.25) is 4.79 Å². The molecule has 0 bridgehead atoms. The minimum Gasteiger partial charge on any atom is -0.399 e. The lowest BCUT2D eigenvalue weighted by atomic mass is 9.96. The Balaban J connectivity index is 2.39. The molecule has 110 valence electrons. The van der Waals surface area contributed by atoms with Crippen LogP contribution in [0.15, 0.2) is 18.2 Å². The Labute approximate surface area is 121 Å². The topological polar surface area (TPSA) is 49.6 Å². The molecule has 1 heterocycles. The number of hydrogen-bond donors (Lipinski definition) is 1. The summed E-state index contributed by atoms with van der Waals surface area (Å²) < 4.78 is 0. The van der Waals surface area contributed by atoms with Gasteiger partial charge in [0.05, 0.1) is 5.56 Å². The van der Waals surface area contributed by atoms with Gasteiger partial charge in [0.2, 0.25) is 0 Å². The van der Waals surface area contributed by atoms with E-state index in [1.54, 1.807) is 6.07 Å². The van der Waals surface area contributed by atoms with Crippen LogP contribution in [0.3, 0.4) is 0 Å². The molecule has 0 unspecified atom stereocenters. The van der Waals surface area contributed by atoms with Crippen molar-refractivity contribution in [1.29, 1.82) is 0 Å². The summed E-state index contributed by atoms with van der Waals surface area (Å²) in [6.07, 6.45) is 3.36. The summed E-state index contributed by atoms with van der Waals surface area (Å²) in [5.74, 6) is 0.0979. The van der Waals surface area contributed by atoms with Gasteiger partial charge >= 0.3 is 0 Å². The smallest absolute Gasteiger partial charge is 0.256 e. The largest absolute Gasteiger partial charge is 0.399 e. The Hall–Kier alpha value is -1.71. The van der Waals surface area contributed by atoms with Crippen LogP contribution in [0.25, 0.3) is 0 Å². The van der Waals surface area contributed by atoms with Crippen LogP contribution in [0.1, 0.15) is 43.5 Å². The van der Waals surface area contributed by atoms with Gasteiger partial charge in [-0.2, -0.15) is 0 Å². The fourth-order valence-corrected chi connectivity index (χ4v) is 3.08. The van der Waals surface area contributed by atoms with Crippen LogP contribution in [0.5, 0.6) is 0 Å². The molecule has 4 heteroatoms. The highest BCUT2D eigenvalue weighted by Gasteiger charge is 2.31. The van der Waals surface area contributed by atoms with E-state index in [0.29, 0.717) is 23.3 Å². The number of carbonyl (C=O) groups is 1. The molecule has 0 spiro atoms. The van der Waals surface area contributed by atoms with E-state index in [-0.39, 0.29) is 5.91 Å². The van der Waals surface area contributed by atoms with Crippen LogP contribution in [0.4, 0.5) is 11.4 Å². The number of benzene rings is 1. The average molecular weight is 275 g/mol. The van der Waals surface area contributed by atoms with Gasteiger partial charge in [0, 0.05) is 37.6 Å². The molecule has 1 aliphatic rings. The van der Waals surface area contributed by atoms with Gasteiger partial charge in [-0.1, -0.05) is 0 Å². The van der Waals surface area contributed by atoms with Crippen molar-refractivity contribution in [2.45, 2.75) is 45.2 Å². The van der Waals surface area contributed by atoms with Gasteiger partial charge in [-0.05, 0) is 51.3 Å². The molecule has 2 rings (SSSR count). The zero-order valence-electron chi connectivity index (χ0n) is 12.9. The van der Waals surface area contributed by atoms with Crippen molar-refractivity contribution in [2.75, 3.05) is 24.7 Å². The molecule has 1 fully saturated rings. The number of rotatable bonds is 2. The van der Waals surface area contributed by atoms with E-state index in [9.17, 15) is 4.79 Å². The van der Waals surface area contributed by atoms with Crippen molar-refractivity contribution >= 4 is 17.3 Å². The summed E-state index contributed by atoms with van der Waals surface area (Å²) in [4.78, 5) is 16.9. The number of carbonyl (C=O) groups excluding carboxylic acids is 1. The van der Waals surface area contributed by atoms with Gasteiger partial charge in [-0.25, -0.2) is 0 Å². The summed E-state index contributed by atoms with van der Waals surface area (Å²) in [5.41, 5.74) is 8.14. The molecule has 0 radical (unpaired) electrons. The third-order valence-corrected chi connectivity index (χ3v) is 4.16. The molecule has 2 atom stereocenters. The first-order valence-corrected chi connectivity index (χ1v) is 7.31. The van der Waals surface area contributed by atoms with Crippen molar-refractivity contribution in [1.82, 2.24) is 4.90 Å². The SMILES string of the molecule is C[C@@H]1CCC[C@@H](C)N1C(=O)c1cc(N)ccc1N(C)C. The second-order valence-corrected chi connectivity index (χ2v) is 6.01. The van der Waals surface area contributed by atoms with E-state index in [1.165, 1.54) is 6.42 Å². The molecule has 1 aliphatic heterocycles. The molecular weight excluding hydrogens is 250 g/mol. The maximum atomic E-state index is 12.9. The number of piperidine rings is 1. The average Bonchev–Trinajstić information content (AvgIpc) is 2.37. The third kappa shape index (κ3) is 2.74. The predicted octanol–water partition coefficient (Wildman–Crippen LogP) is 2.74. The highest BCUT2D eigenvalue weighted by atomic mass is 16.2. The molecule has 0 saturated carbocycles. The molecule has 1 saturated heterocycles. The lowest BCUT2D eigenvalue weighted by Gasteiger charge is -2.39. The molecule has 2 N–H and O–H groups in total. The zero-order valence-corrected chi connectivity index (χ0v) is 12.9. The predicted molar refractivity (Wildman–Crippen MR) is 84.1 cm³/mol. The normalized spacial score (nSPS) is 22.7. The molecule has 1 amide bonds. The maximum Gasteiger partial charge on any atom is 0.256 e. The van der Waals surface area contributed by atoms with E-state index >= 15 is 0 Å². The highest BCUT2D eigenvalue weighted by Crippen LogP contribution is 2.29. The quantitative estimate of drug-likeness (QED) is 0.844. The van der Waals surface area contributed by atoms with E-state index in [2.05, 4.69) is 13.8 Å². The minimum absolute atomic E-state index is 0.0979. The number of anilines is 2. The van der Waals surface area contributed by atoms with E-state index in [4.69, 9.17) is 5.73 Å². The van der Waals surface area contributed by atoms with Crippen LogP contribution >= 0.6 is 0 Å². The first kappa shape index (κ1) is 14.7. The Morgan fingerprint density at radius 3 is 2.40 bits per heavy atom. The summed E-state index contributed by atoms with van der Waals surface area (Å²) in [7, 11) is 3.90. The van der Waals surface area contributed by atoms with Crippen LogP contribution in [0, 0.1) is 0 Å². The Morgan fingerprint density at radius 1 is 1.25 bits per heavy atom. The number of nitrogens with two attached hydrogens (primary N) is 1. The molecular formula is C16H25N3O. The highest BCUT2D eigenvalue weighted by molar-refractivity contribution is 6.01. The minimum atomic E-state index is 0.0979. The zero-order chi connectivity index (χ0) is 14.9. The first-order valence-electron chi connectivity index (χ1n) is 7.31. The van der Waals surface area contributed by atoms with E-state index < -0.39 is 0 Å². The molecule has 20 heavy (non-hydrogen) atoms.